The number of ether oxygens (including phenoxy) is 1. The fourth-order valence-corrected chi connectivity index (χ4v) is 2.45. The zero-order chi connectivity index (χ0) is 12.1. The third-order valence-corrected chi connectivity index (χ3v) is 3.67. The maximum atomic E-state index is 10.1. The molecule has 1 rings (SSSR count). The molecule has 0 fully saturated rings. The van der Waals surface area contributed by atoms with E-state index >= 15 is 0 Å². The summed E-state index contributed by atoms with van der Waals surface area (Å²) in [5.41, 5.74) is 0.749. The van der Waals surface area contributed by atoms with Gasteiger partial charge in [-0.2, -0.15) is 16.9 Å². The van der Waals surface area contributed by atoms with Crippen molar-refractivity contribution < 1.29 is 9.84 Å². The maximum absolute atomic E-state index is 10.1. The molecule has 0 aromatic carbocycles. The number of aromatic nitrogens is 2. The quantitative estimate of drug-likeness (QED) is 0.829. The van der Waals surface area contributed by atoms with Crippen LogP contribution in [0.15, 0.2) is 6.20 Å². The summed E-state index contributed by atoms with van der Waals surface area (Å²) in [5, 5.41) is 14.1. The molecule has 92 valence electrons. The van der Waals surface area contributed by atoms with Crippen LogP contribution >= 0.6 is 11.8 Å². The third kappa shape index (κ3) is 3.42. The molecule has 0 spiro atoms. The minimum Gasteiger partial charge on any atom is -0.493 e. The van der Waals surface area contributed by atoms with E-state index < -0.39 is 6.10 Å². The highest BCUT2D eigenvalue weighted by atomic mass is 32.2. The van der Waals surface area contributed by atoms with Crippen molar-refractivity contribution in [2.45, 2.75) is 20.0 Å². The first kappa shape index (κ1) is 13.4. The van der Waals surface area contributed by atoms with Crippen LogP contribution in [0.3, 0.4) is 0 Å². The number of rotatable bonds is 6. The molecule has 0 bridgehead atoms. The van der Waals surface area contributed by atoms with Crippen LogP contribution in [0.4, 0.5) is 0 Å². The van der Waals surface area contributed by atoms with E-state index in [0.29, 0.717) is 17.4 Å². The van der Waals surface area contributed by atoms with E-state index in [1.54, 1.807) is 29.8 Å². The molecule has 0 amide bonds. The van der Waals surface area contributed by atoms with Crippen molar-refractivity contribution in [3.8, 4) is 5.75 Å². The van der Waals surface area contributed by atoms with Crippen LogP contribution in [-0.2, 0) is 7.05 Å². The van der Waals surface area contributed by atoms with Crippen LogP contribution in [0.1, 0.15) is 25.6 Å². The summed E-state index contributed by atoms with van der Waals surface area (Å²) in [6.45, 7) is 4.34. The Morgan fingerprint density at radius 3 is 2.75 bits per heavy atom. The maximum Gasteiger partial charge on any atom is 0.162 e. The lowest BCUT2D eigenvalue weighted by Gasteiger charge is -2.13. The van der Waals surface area contributed by atoms with Crippen LogP contribution in [-0.4, -0.2) is 33.5 Å². The molecule has 0 aliphatic heterocycles. The number of aliphatic hydroxyl groups excluding tert-OH is 1. The van der Waals surface area contributed by atoms with Gasteiger partial charge in [0.05, 0.1) is 13.3 Å². The molecule has 0 radical (unpaired) electrons. The summed E-state index contributed by atoms with van der Waals surface area (Å²) in [6, 6.07) is 0. The minimum atomic E-state index is -0.522. The first-order chi connectivity index (χ1) is 7.56. The predicted molar refractivity (Wildman–Crippen MR) is 66.9 cm³/mol. The number of aryl methyl sites for hydroxylation is 1. The van der Waals surface area contributed by atoms with E-state index in [9.17, 15) is 5.11 Å². The molecule has 1 atom stereocenters. The largest absolute Gasteiger partial charge is 0.493 e. The molecule has 1 heterocycles. The van der Waals surface area contributed by atoms with Crippen LogP contribution in [0.25, 0.3) is 0 Å². The van der Waals surface area contributed by atoms with Crippen molar-refractivity contribution in [3.63, 3.8) is 0 Å². The highest BCUT2D eigenvalue weighted by Crippen LogP contribution is 2.27. The average molecular weight is 244 g/mol. The Hall–Kier alpha value is -0.680. The molecule has 4 nitrogen and oxygen atoms in total. The first-order valence-corrected chi connectivity index (χ1v) is 6.53. The third-order valence-electron chi connectivity index (χ3n) is 2.21. The van der Waals surface area contributed by atoms with Gasteiger partial charge >= 0.3 is 0 Å². The SMILES string of the molecule is COc1cnn(C)c1C(O)CSCC(C)C. The second kappa shape index (κ2) is 6.15. The number of aliphatic hydroxyl groups is 1. The van der Waals surface area contributed by atoms with Gasteiger partial charge in [0.2, 0.25) is 0 Å². The lowest BCUT2D eigenvalue weighted by atomic mass is 10.2. The Kier molecular flexibility index (Phi) is 5.15. The fourth-order valence-electron chi connectivity index (χ4n) is 1.46. The minimum absolute atomic E-state index is 0.522. The molecule has 0 aliphatic carbocycles. The van der Waals surface area contributed by atoms with E-state index in [1.165, 1.54) is 0 Å². The summed E-state index contributed by atoms with van der Waals surface area (Å²) in [6.07, 6.45) is 1.11. The topological polar surface area (TPSA) is 47.3 Å². The zero-order valence-corrected chi connectivity index (χ0v) is 11.1. The van der Waals surface area contributed by atoms with Gasteiger partial charge in [-0.1, -0.05) is 13.8 Å². The Morgan fingerprint density at radius 1 is 1.50 bits per heavy atom. The number of nitrogens with zero attached hydrogens (tertiary/aromatic N) is 2. The number of methoxy groups -OCH3 is 1. The highest BCUT2D eigenvalue weighted by Gasteiger charge is 2.18. The molecule has 1 unspecified atom stereocenters. The highest BCUT2D eigenvalue weighted by molar-refractivity contribution is 7.99. The molecule has 1 aromatic rings. The Bertz CT molecular complexity index is 326. The van der Waals surface area contributed by atoms with Crippen molar-refractivity contribution in [3.05, 3.63) is 11.9 Å². The van der Waals surface area contributed by atoms with Crippen LogP contribution < -0.4 is 4.74 Å². The fraction of sp³-hybridized carbons (Fsp3) is 0.727. The van der Waals surface area contributed by atoms with E-state index in [2.05, 4.69) is 18.9 Å². The summed E-state index contributed by atoms with van der Waals surface area (Å²) in [4.78, 5) is 0. The first-order valence-electron chi connectivity index (χ1n) is 5.38. The lowest BCUT2D eigenvalue weighted by Crippen LogP contribution is -2.09. The normalized spacial score (nSPS) is 13.1. The molecule has 5 heteroatoms. The van der Waals surface area contributed by atoms with Gasteiger partial charge in [0.1, 0.15) is 11.8 Å². The Labute approximate surface area is 101 Å². The number of thioether (sulfide) groups is 1. The summed E-state index contributed by atoms with van der Waals surface area (Å²) < 4.78 is 6.83. The van der Waals surface area contributed by atoms with Gasteiger partial charge in [0.15, 0.2) is 5.75 Å². The molecular weight excluding hydrogens is 224 g/mol. The summed E-state index contributed by atoms with van der Waals surface area (Å²) in [5.74, 6) is 3.02. The van der Waals surface area contributed by atoms with Gasteiger partial charge in [-0.3, -0.25) is 4.68 Å². The van der Waals surface area contributed by atoms with Crippen molar-refractivity contribution in [2.75, 3.05) is 18.6 Å². The Morgan fingerprint density at radius 2 is 2.19 bits per heavy atom. The molecule has 0 saturated heterocycles. The number of hydrogen-bond donors (Lipinski definition) is 1. The van der Waals surface area contributed by atoms with Gasteiger partial charge in [-0.05, 0) is 11.7 Å². The molecule has 1 N–H and O–H groups in total. The molecule has 0 saturated carbocycles. The van der Waals surface area contributed by atoms with Crippen LogP contribution in [0.2, 0.25) is 0 Å². The van der Waals surface area contributed by atoms with Crippen molar-refractivity contribution in [2.24, 2.45) is 13.0 Å². The number of hydrogen-bond acceptors (Lipinski definition) is 4. The van der Waals surface area contributed by atoms with Gasteiger partial charge < -0.3 is 9.84 Å². The second-order valence-electron chi connectivity index (χ2n) is 4.17. The van der Waals surface area contributed by atoms with Crippen molar-refractivity contribution in [1.82, 2.24) is 9.78 Å². The molecule has 0 aliphatic rings. The standard InChI is InChI=1S/C11H20N2O2S/c1-8(2)6-16-7-9(14)11-10(15-4)5-12-13(11)3/h5,8-9,14H,6-7H2,1-4H3. The van der Waals surface area contributed by atoms with Gasteiger partial charge in [-0.15, -0.1) is 0 Å². The lowest BCUT2D eigenvalue weighted by molar-refractivity contribution is 0.188. The second-order valence-corrected chi connectivity index (χ2v) is 5.24. The molecule has 1 aromatic heterocycles. The summed E-state index contributed by atoms with van der Waals surface area (Å²) in [7, 11) is 3.41. The van der Waals surface area contributed by atoms with Crippen LogP contribution in [0.5, 0.6) is 5.75 Å². The van der Waals surface area contributed by atoms with Gasteiger partial charge in [0, 0.05) is 12.8 Å². The summed E-state index contributed by atoms with van der Waals surface area (Å²) >= 11 is 1.75. The average Bonchev–Trinajstić information content (AvgIpc) is 2.58. The Balaban J connectivity index is 2.58. The molecular formula is C11H20N2O2S. The van der Waals surface area contributed by atoms with E-state index in [0.717, 1.165) is 11.4 Å². The van der Waals surface area contributed by atoms with Crippen molar-refractivity contribution >= 4 is 11.8 Å². The monoisotopic (exact) mass is 244 g/mol. The van der Waals surface area contributed by atoms with E-state index in [4.69, 9.17) is 4.74 Å². The van der Waals surface area contributed by atoms with Crippen molar-refractivity contribution in [1.29, 1.82) is 0 Å². The van der Waals surface area contributed by atoms with Crippen LogP contribution in [0, 0.1) is 5.92 Å². The van der Waals surface area contributed by atoms with Gasteiger partial charge in [0.25, 0.3) is 0 Å². The van der Waals surface area contributed by atoms with E-state index in [-0.39, 0.29) is 0 Å². The smallest absolute Gasteiger partial charge is 0.162 e. The van der Waals surface area contributed by atoms with Gasteiger partial charge in [-0.25, -0.2) is 0 Å². The predicted octanol–water partition coefficient (Wildman–Crippen LogP) is 1.85. The van der Waals surface area contributed by atoms with E-state index in [1.807, 2.05) is 7.05 Å². The molecule has 16 heavy (non-hydrogen) atoms. The zero-order valence-electron chi connectivity index (χ0n) is 10.3.